The number of nitro benzene ring substituents is 2. The molecule has 0 amide bonds. The average molecular weight is 801 g/mol. The molecule has 18 nitrogen and oxygen atoms in total. The third-order valence-electron chi connectivity index (χ3n) is 7.68. The number of para-hydroxylation sites is 2. The first-order chi connectivity index (χ1) is 26.4. The molecule has 19 heteroatoms. The zero-order valence-corrected chi connectivity index (χ0v) is 30.8. The number of nitro groups is 2. The zero-order chi connectivity index (χ0) is 39.6. The predicted octanol–water partition coefficient (Wildman–Crippen LogP) is 6.62. The van der Waals surface area contributed by atoms with Crippen LogP contribution in [-0.4, -0.2) is 74.8 Å². The molecule has 6 aromatic rings. The smallest absolute Gasteiger partial charge is 0.359 e. The Balaban J connectivity index is 0.000000246. The number of nitrogens with zero attached hydrogens (tertiary/aromatic N) is 8. The molecule has 0 unspecified atom stereocenters. The van der Waals surface area contributed by atoms with Crippen molar-refractivity contribution in [3.63, 3.8) is 0 Å². The van der Waals surface area contributed by atoms with Gasteiger partial charge in [0.1, 0.15) is 22.9 Å². The number of esters is 1. The maximum absolute atomic E-state index is 12.3. The van der Waals surface area contributed by atoms with E-state index in [4.69, 9.17) is 4.74 Å². The minimum absolute atomic E-state index is 0. The van der Waals surface area contributed by atoms with Crippen LogP contribution < -0.4 is 0 Å². The van der Waals surface area contributed by atoms with Crippen molar-refractivity contribution < 1.29 is 57.2 Å². The van der Waals surface area contributed by atoms with Crippen LogP contribution in [0.4, 0.5) is 22.7 Å². The number of ether oxygens (including phenoxy) is 1. The summed E-state index contributed by atoms with van der Waals surface area (Å²) in [5, 5.41) is 71.2. The van der Waals surface area contributed by atoms with Gasteiger partial charge in [0.25, 0.3) is 11.4 Å². The molecule has 0 aliphatic heterocycles. The molecule has 0 aliphatic rings. The Bertz CT molecular complexity index is 2420. The van der Waals surface area contributed by atoms with Gasteiger partial charge in [-0.15, -0.1) is 0 Å². The quantitative estimate of drug-likeness (QED) is 0.0467. The second-order valence-electron chi connectivity index (χ2n) is 11.2. The third kappa shape index (κ3) is 9.41. The van der Waals surface area contributed by atoms with Gasteiger partial charge < -0.3 is 25.2 Å². The van der Waals surface area contributed by atoms with Crippen LogP contribution in [0.3, 0.4) is 0 Å². The Morgan fingerprint density at radius 1 is 0.714 bits per heavy atom. The monoisotopic (exact) mass is 800 g/mol. The number of phenols is 2. The van der Waals surface area contributed by atoms with E-state index in [1.54, 1.807) is 49.4 Å². The molecule has 0 aliphatic carbocycles. The number of rotatable bonds is 11. The van der Waals surface area contributed by atoms with E-state index in [9.17, 15) is 45.4 Å². The molecule has 0 bridgehead atoms. The van der Waals surface area contributed by atoms with Crippen LogP contribution >= 0.6 is 0 Å². The fourth-order valence-corrected chi connectivity index (χ4v) is 4.97. The molecule has 2 aromatic heterocycles. The van der Waals surface area contributed by atoms with E-state index in [1.165, 1.54) is 23.0 Å². The third-order valence-corrected chi connectivity index (χ3v) is 7.68. The topological polar surface area (TPSA) is 254 Å². The number of aromatic nitrogens is 4. The average Bonchev–Trinajstić information content (AvgIpc) is 3.69. The second kappa shape index (κ2) is 18.6. The number of benzene rings is 4. The normalized spacial score (nSPS) is 10.8. The molecule has 0 saturated heterocycles. The number of aromatic hydroxyl groups is 4. The summed E-state index contributed by atoms with van der Waals surface area (Å²) in [5.74, 6) is -1.75. The summed E-state index contributed by atoms with van der Waals surface area (Å²) in [6, 6.07) is 24.6. The van der Waals surface area contributed by atoms with Gasteiger partial charge in [0.15, 0.2) is 5.69 Å². The van der Waals surface area contributed by atoms with E-state index in [0.29, 0.717) is 29.1 Å². The first-order valence-corrected chi connectivity index (χ1v) is 16.4. The molecule has 0 fully saturated rings. The first kappa shape index (κ1) is 41.4. The molecular formula is C37H32CrN8O10. The summed E-state index contributed by atoms with van der Waals surface area (Å²) in [7, 11) is 0. The molecule has 56 heavy (non-hydrogen) atoms. The van der Waals surface area contributed by atoms with Crippen molar-refractivity contribution in [2.75, 3.05) is 6.61 Å². The molecule has 6 rings (SSSR count). The van der Waals surface area contributed by atoms with Crippen molar-refractivity contribution >= 4 is 41.1 Å². The molecule has 4 aromatic carbocycles. The van der Waals surface area contributed by atoms with Gasteiger partial charge in [0, 0.05) is 54.1 Å². The number of hydrogen-bond donors (Lipinski definition) is 4. The maximum atomic E-state index is 12.3. The van der Waals surface area contributed by atoms with Gasteiger partial charge in [-0.3, -0.25) is 30.2 Å². The largest absolute Gasteiger partial charge is 0.506 e. The summed E-state index contributed by atoms with van der Waals surface area (Å²) < 4.78 is 7.51. The van der Waals surface area contributed by atoms with Crippen LogP contribution in [0.1, 0.15) is 41.2 Å². The standard InChI is InChI=1S/C19H16N4O6.C18H16N4O4.Cr/c1-2-29-19(26)17-14(18(25)22(21-17)12-6-4-3-5-7-12)11-20-15-10-13(23(27)28)8-9-16(15)24;1-2-15-14(18(24)21(20-15)12-6-4-3-5-7-12)11-19-16-10-13(22(25)26)8-9-17(16)23;/h3-11,24-25H,2H2,1H3;3-11,23-24H,2H2,1H3;. The van der Waals surface area contributed by atoms with Crippen LogP contribution in [0.25, 0.3) is 11.4 Å². The minimum atomic E-state index is -0.776. The molecule has 0 atom stereocenters. The van der Waals surface area contributed by atoms with Crippen molar-refractivity contribution in [3.05, 3.63) is 140 Å². The summed E-state index contributed by atoms with van der Waals surface area (Å²) in [6.45, 7) is 3.61. The van der Waals surface area contributed by atoms with Crippen LogP contribution in [0.2, 0.25) is 0 Å². The van der Waals surface area contributed by atoms with Crippen molar-refractivity contribution in [2.24, 2.45) is 9.98 Å². The van der Waals surface area contributed by atoms with E-state index in [0.717, 1.165) is 35.2 Å². The first-order valence-electron chi connectivity index (χ1n) is 16.4. The van der Waals surface area contributed by atoms with Crippen molar-refractivity contribution in [2.45, 2.75) is 20.3 Å². The number of hydrogen-bond acceptors (Lipinski definition) is 14. The molecule has 0 radical (unpaired) electrons. The fraction of sp³-hybridized carbons (Fsp3) is 0.108. The van der Waals surface area contributed by atoms with E-state index in [2.05, 4.69) is 20.2 Å². The van der Waals surface area contributed by atoms with Gasteiger partial charge in [-0.05, 0) is 49.7 Å². The Morgan fingerprint density at radius 3 is 1.61 bits per heavy atom. The Morgan fingerprint density at radius 2 is 1.16 bits per heavy atom. The molecule has 4 N–H and O–H groups in total. The minimum Gasteiger partial charge on any atom is -0.506 e. The Kier molecular flexibility index (Phi) is 13.8. The summed E-state index contributed by atoms with van der Waals surface area (Å²) in [4.78, 5) is 41.0. The number of aryl methyl sites for hydroxylation is 1. The van der Waals surface area contributed by atoms with Crippen molar-refractivity contribution in [1.82, 2.24) is 19.6 Å². The van der Waals surface area contributed by atoms with Crippen molar-refractivity contribution in [1.29, 1.82) is 0 Å². The van der Waals surface area contributed by atoms with E-state index < -0.39 is 15.8 Å². The molecule has 286 valence electrons. The van der Waals surface area contributed by atoms with Crippen LogP contribution in [0, 0.1) is 20.2 Å². The summed E-state index contributed by atoms with van der Waals surface area (Å²) in [5.41, 5.74) is 1.40. The van der Waals surface area contributed by atoms with Crippen LogP contribution in [0.15, 0.2) is 107 Å². The van der Waals surface area contributed by atoms with Crippen molar-refractivity contribution in [3.8, 4) is 34.6 Å². The fourth-order valence-electron chi connectivity index (χ4n) is 4.97. The maximum Gasteiger partial charge on any atom is 0.359 e. The molecule has 2 heterocycles. The molecule has 0 saturated carbocycles. The predicted molar refractivity (Wildman–Crippen MR) is 200 cm³/mol. The SMILES string of the molecule is CCOC(=O)c1nn(-c2ccccc2)c(O)c1C=Nc1cc([N+](=O)[O-])ccc1O.CCc1nn(-c2ccccc2)c(O)c1C=Nc1cc([N+](=O)[O-])ccc1O.[Cr]. The van der Waals surface area contributed by atoms with Gasteiger partial charge in [-0.1, -0.05) is 43.3 Å². The van der Waals surface area contributed by atoms with Gasteiger partial charge in [0.05, 0.1) is 44.6 Å². The summed E-state index contributed by atoms with van der Waals surface area (Å²) in [6.07, 6.45) is 2.99. The van der Waals surface area contributed by atoms with E-state index >= 15 is 0 Å². The van der Waals surface area contributed by atoms with Gasteiger partial charge in [-0.2, -0.15) is 14.9 Å². The Hall–Kier alpha value is -7.36. The number of carbonyl (C=O) groups is 1. The van der Waals surface area contributed by atoms with Gasteiger partial charge in [0.2, 0.25) is 11.8 Å². The second-order valence-corrected chi connectivity index (χ2v) is 11.2. The van der Waals surface area contributed by atoms with E-state index in [-0.39, 0.29) is 81.2 Å². The number of aliphatic imine (C=N–C) groups is 2. The van der Waals surface area contributed by atoms with E-state index in [1.807, 2.05) is 25.1 Å². The van der Waals surface area contributed by atoms with Crippen LogP contribution in [0.5, 0.6) is 23.3 Å². The van der Waals surface area contributed by atoms with Gasteiger partial charge in [-0.25, -0.2) is 9.48 Å². The number of non-ortho nitro benzene ring substituents is 2. The Labute approximate surface area is 328 Å². The summed E-state index contributed by atoms with van der Waals surface area (Å²) >= 11 is 0. The van der Waals surface area contributed by atoms with Crippen LogP contribution in [-0.2, 0) is 28.5 Å². The zero-order valence-electron chi connectivity index (χ0n) is 29.5. The molecular weight excluding hydrogens is 768 g/mol. The van der Waals surface area contributed by atoms with Gasteiger partial charge >= 0.3 is 5.97 Å². The number of phenolic OH excluding ortho intramolecular Hbond substituents is 2. The molecule has 0 spiro atoms. The number of carbonyl (C=O) groups excluding carboxylic acids is 1.